The van der Waals surface area contributed by atoms with Crippen molar-refractivity contribution < 1.29 is 32.7 Å². The molecule has 3 nitrogen and oxygen atoms in total. The Labute approximate surface area is 322 Å². The number of furan rings is 1. The van der Waals surface area contributed by atoms with E-state index in [4.69, 9.17) is 12.6 Å². The number of rotatable bonds is 7. The van der Waals surface area contributed by atoms with E-state index in [0.717, 1.165) is 54.3 Å². The summed E-state index contributed by atoms with van der Waals surface area (Å²) in [7, 11) is 0. The van der Waals surface area contributed by atoms with Gasteiger partial charge in [0.1, 0.15) is 5.58 Å². The Morgan fingerprint density at radius 3 is 2.32 bits per heavy atom. The fraction of sp³-hybridized carbons (Fsp3) is 0.244. The van der Waals surface area contributed by atoms with Gasteiger partial charge in [0, 0.05) is 33.1 Å². The molecule has 0 spiro atoms. The maximum absolute atomic E-state index is 8.60. The molecule has 4 aromatic carbocycles. The van der Waals surface area contributed by atoms with Crippen molar-refractivity contribution in [3.05, 3.63) is 138 Å². The normalized spacial score (nSPS) is 14.0. The zero-order valence-electron chi connectivity index (χ0n) is 35.6. The molecular formula is C45H46GeIrN2O-2. The third-order valence-corrected chi connectivity index (χ3v) is 12.6. The van der Waals surface area contributed by atoms with Crippen LogP contribution in [0.2, 0.25) is 17.3 Å². The molecule has 3 heterocycles. The molecule has 257 valence electrons. The summed E-state index contributed by atoms with van der Waals surface area (Å²) < 4.78 is 55.3. The molecule has 7 aromatic rings. The number of fused-ring (bicyclic) bond motifs is 3. The zero-order valence-corrected chi connectivity index (χ0v) is 34.1. The molecule has 0 N–H and O–H groups in total. The molecular weight excluding hydrogens is 849 g/mol. The van der Waals surface area contributed by atoms with Crippen LogP contribution in [-0.2, 0) is 26.5 Å². The molecule has 0 fully saturated rings. The number of hydrogen-bond donors (Lipinski definition) is 0. The van der Waals surface area contributed by atoms with Gasteiger partial charge >= 0.3 is 139 Å². The molecule has 0 unspecified atom stereocenters. The van der Waals surface area contributed by atoms with E-state index in [9.17, 15) is 0 Å². The van der Waals surface area contributed by atoms with Crippen LogP contribution in [0.3, 0.4) is 0 Å². The molecule has 0 bridgehead atoms. The second kappa shape index (κ2) is 16.0. The summed E-state index contributed by atoms with van der Waals surface area (Å²) in [5.74, 6) is 5.84. The summed E-state index contributed by atoms with van der Waals surface area (Å²) >= 11 is -2.32. The molecule has 0 saturated carbocycles. The van der Waals surface area contributed by atoms with E-state index in [1.807, 2.05) is 82.4 Å². The fourth-order valence-corrected chi connectivity index (χ4v) is 8.78. The van der Waals surface area contributed by atoms with Crippen molar-refractivity contribution in [3.8, 4) is 33.6 Å². The average Bonchev–Trinajstić information content (AvgIpc) is 3.52. The summed E-state index contributed by atoms with van der Waals surface area (Å²) in [5, 5.41) is 2.12. The molecule has 0 saturated heterocycles. The van der Waals surface area contributed by atoms with Crippen molar-refractivity contribution in [1.29, 1.82) is 0 Å². The van der Waals surface area contributed by atoms with E-state index in [1.165, 1.54) is 6.07 Å². The second-order valence-electron chi connectivity index (χ2n) is 13.9. The van der Waals surface area contributed by atoms with Crippen molar-refractivity contribution in [2.45, 2.75) is 64.1 Å². The Balaban J connectivity index is 0.000000212. The van der Waals surface area contributed by atoms with Crippen LogP contribution in [0.1, 0.15) is 58.5 Å². The molecule has 50 heavy (non-hydrogen) atoms. The number of benzene rings is 4. The molecule has 0 atom stereocenters. The van der Waals surface area contributed by atoms with Crippen molar-refractivity contribution in [2.75, 3.05) is 0 Å². The quantitative estimate of drug-likeness (QED) is 0.118. The van der Waals surface area contributed by atoms with Gasteiger partial charge in [0.05, 0.1) is 5.58 Å². The zero-order chi connectivity index (χ0) is 39.9. The van der Waals surface area contributed by atoms with E-state index < -0.39 is 32.4 Å². The SMILES string of the molecule is [2H]C(C)(C)c1ccnc(-c2[c-]ccc3c2oc2cc(-c4ccccc4)ccc23)c1.[2H]C([2H])([2H])c1c[c-]c(-c2cc(C([2H])([2H])C(C)C)[c]([Ge]([CH3])([CH3])[CH3])cn2)cc1.[Ir]. The van der Waals surface area contributed by atoms with Gasteiger partial charge in [0.2, 0.25) is 0 Å². The van der Waals surface area contributed by atoms with E-state index in [1.54, 1.807) is 18.3 Å². The van der Waals surface area contributed by atoms with Gasteiger partial charge in [-0.1, -0.05) is 78.9 Å². The standard InChI is InChI=1S/C26H20NO.C19H26GeN.Ir/c1-17(2)19-13-14-27-24(15-19)23-10-6-9-22-21-12-11-20(16-25(21)28-26(22)23)18-7-4-3-5-8-18;1-14(2)11-17-12-19(16-9-7-15(3)8-10-16)21-13-18(17)20(4,5)6;/h3-9,11-17H,1-2H3;7-9,12-14H,11H2,1-6H3;/q2*-1;/i17D;3D3,11D2;. The Kier molecular flexibility index (Phi) is 9.57. The van der Waals surface area contributed by atoms with Gasteiger partial charge in [-0.15, -0.1) is 18.2 Å². The van der Waals surface area contributed by atoms with Crippen LogP contribution in [0.25, 0.3) is 55.6 Å². The van der Waals surface area contributed by atoms with Crippen LogP contribution >= 0.6 is 0 Å². The minimum atomic E-state index is -2.32. The van der Waals surface area contributed by atoms with Gasteiger partial charge in [-0.3, -0.25) is 0 Å². The molecule has 5 heteroatoms. The summed E-state index contributed by atoms with van der Waals surface area (Å²) in [6.07, 6.45) is 2.12. The number of aromatic nitrogens is 2. The largest absolute Gasteiger partial charge is 0 e. The van der Waals surface area contributed by atoms with Crippen molar-refractivity contribution in [2.24, 2.45) is 5.92 Å². The topological polar surface area (TPSA) is 38.9 Å². The summed E-state index contributed by atoms with van der Waals surface area (Å²) in [6.45, 7) is 5.37. The van der Waals surface area contributed by atoms with Crippen molar-refractivity contribution in [3.63, 3.8) is 0 Å². The molecule has 0 aliphatic rings. The van der Waals surface area contributed by atoms with E-state index in [-0.39, 0.29) is 31.6 Å². The number of aryl methyl sites for hydroxylation is 1. The predicted octanol–water partition coefficient (Wildman–Crippen LogP) is 11.8. The Morgan fingerprint density at radius 2 is 1.64 bits per heavy atom. The minimum absolute atomic E-state index is 0. The second-order valence-corrected chi connectivity index (χ2v) is 24.4. The van der Waals surface area contributed by atoms with Crippen LogP contribution in [0.4, 0.5) is 0 Å². The first-order valence-electron chi connectivity index (χ1n) is 19.7. The first-order chi connectivity index (χ1) is 25.7. The molecule has 7 rings (SSSR count). The maximum Gasteiger partial charge on any atom is 0 e. The smallest absolute Gasteiger partial charge is 0 e. The Morgan fingerprint density at radius 1 is 0.840 bits per heavy atom. The van der Waals surface area contributed by atoms with Gasteiger partial charge in [-0.2, -0.15) is 0 Å². The van der Waals surface area contributed by atoms with E-state index in [2.05, 4.69) is 69.7 Å². The van der Waals surface area contributed by atoms with Crippen LogP contribution in [0.5, 0.6) is 0 Å². The van der Waals surface area contributed by atoms with Gasteiger partial charge in [0.15, 0.2) is 0 Å². The minimum Gasteiger partial charge on any atom is 0 e. The molecule has 0 aliphatic carbocycles. The summed E-state index contributed by atoms with van der Waals surface area (Å²) in [6, 6.07) is 37.3. The Bertz CT molecular complexity index is 2450. The van der Waals surface area contributed by atoms with Crippen LogP contribution < -0.4 is 4.40 Å². The number of hydrogen-bond acceptors (Lipinski definition) is 3. The third kappa shape index (κ3) is 8.54. The van der Waals surface area contributed by atoms with E-state index >= 15 is 0 Å². The van der Waals surface area contributed by atoms with Gasteiger partial charge in [0.25, 0.3) is 0 Å². The molecule has 1 radical (unpaired) electrons. The van der Waals surface area contributed by atoms with E-state index in [0.29, 0.717) is 16.8 Å². The van der Waals surface area contributed by atoms with Gasteiger partial charge in [-0.05, 0) is 34.8 Å². The van der Waals surface area contributed by atoms with Crippen LogP contribution in [0, 0.1) is 24.9 Å². The monoisotopic (exact) mass is 903 g/mol. The number of pyridine rings is 2. The van der Waals surface area contributed by atoms with Crippen LogP contribution in [-0.4, -0.2) is 23.2 Å². The average molecular weight is 902 g/mol. The maximum atomic E-state index is 8.60. The molecule has 0 amide bonds. The molecule has 3 aromatic heterocycles. The fourth-order valence-electron chi connectivity index (χ4n) is 5.84. The molecule has 0 aliphatic heterocycles. The number of nitrogens with zero attached hydrogens (tertiary/aromatic N) is 2. The van der Waals surface area contributed by atoms with Crippen LogP contribution in [0.15, 0.2) is 114 Å². The van der Waals surface area contributed by atoms with Crippen molar-refractivity contribution >= 4 is 39.6 Å². The van der Waals surface area contributed by atoms with Gasteiger partial charge in [-0.25, -0.2) is 0 Å². The predicted molar refractivity (Wildman–Crippen MR) is 210 cm³/mol. The van der Waals surface area contributed by atoms with Gasteiger partial charge < -0.3 is 9.40 Å². The van der Waals surface area contributed by atoms with Crippen molar-refractivity contribution in [1.82, 2.24) is 9.97 Å². The third-order valence-electron chi connectivity index (χ3n) is 8.38. The summed E-state index contributed by atoms with van der Waals surface area (Å²) in [5.41, 5.74) is 8.66. The summed E-state index contributed by atoms with van der Waals surface area (Å²) in [4.78, 5) is 9.08. The Hall–Kier alpha value is -3.83. The first kappa shape index (κ1) is 29.9. The first-order valence-corrected chi connectivity index (χ1v) is 24.0.